The van der Waals surface area contributed by atoms with Crippen molar-refractivity contribution in [2.45, 2.75) is 43.4 Å². The van der Waals surface area contributed by atoms with Crippen molar-refractivity contribution < 1.29 is 18.3 Å². The maximum Gasteiger partial charge on any atom is 0.320 e. The number of carbonyl (C=O) groups is 1. The summed E-state index contributed by atoms with van der Waals surface area (Å²) >= 11 is 1.03. The van der Waals surface area contributed by atoms with Gasteiger partial charge in [0, 0.05) is 50.1 Å². The average Bonchev–Trinajstić information content (AvgIpc) is 3.81. The highest BCUT2D eigenvalue weighted by molar-refractivity contribution is 7.23. The number of hydrogen-bond donors (Lipinski definition) is 1. The normalized spacial score (nSPS) is 23.0. The minimum absolute atomic E-state index is 0.0192. The van der Waals surface area contributed by atoms with E-state index < -0.39 is 12.0 Å². The van der Waals surface area contributed by atoms with Crippen LogP contribution in [0, 0.1) is 17.1 Å². The lowest BCUT2D eigenvalue weighted by molar-refractivity contribution is -0.125. The molecular weight excluding hydrogens is 598 g/mol. The third-order valence-electron chi connectivity index (χ3n) is 9.49. The Bertz CT molecular complexity index is 1890. The number of rotatable bonds is 7. The lowest BCUT2D eigenvalue weighted by atomic mass is 9.95. The molecule has 3 fully saturated rings. The highest BCUT2D eigenvalue weighted by Gasteiger charge is 2.49. The van der Waals surface area contributed by atoms with Crippen LogP contribution in [0.2, 0.25) is 0 Å². The number of carbonyl (C=O) groups excluding carboxylic acids is 1. The Labute approximate surface area is 262 Å². The minimum atomic E-state index is -0.891. The van der Waals surface area contributed by atoms with Crippen molar-refractivity contribution in [3.05, 3.63) is 48.3 Å². The Morgan fingerprint density at radius 3 is 2.93 bits per heavy atom. The largest absolute Gasteiger partial charge is 0.461 e. The van der Waals surface area contributed by atoms with E-state index in [1.807, 2.05) is 18.0 Å². The number of pyridine rings is 1. The van der Waals surface area contributed by atoms with E-state index in [-0.39, 0.29) is 40.7 Å². The number of thiophene rings is 1. The van der Waals surface area contributed by atoms with Crippen LogP contribution >= 0.6 is 11.3 Å². The van der Waals surface area contributed by atoms with Gasteiger partial charge in [-0.15, -0.1) is 11.3 Å². The standard InChI is InChI=1S/C32H32F2N8O2S/c1-3-25(43)41-12-9-19(16-41)40(2)30-21-6-8-24(20-5-7-23(34)27-26(20)22(14-35)28(36)45-27)37-29(21)38-31(39-30)44-17-32-10-4-11-42(32)15-18(33)13-32/h3,5-8,18-19H,1,4,9-13,15-17,36H2,2H3. The molecule has 1 amide bonds. The van der Waals surface area contributed by atoms with E-state index in [4.69, 9.17) is 25.4 Å². The summed E-state index contributed by atoms with van der Waals surface area (Å²) in [4.78, 5) is 32.7. The zero-order valence-electron chi connectivity index (χ0n) is 24.8. The van der Waals surface area contributed by atoms with E-state index in [1.165, 1.54) is 12.1 Å². The lowest BCUT2D eigenvalue weighted by Gasteiger charge is -2.31. The fraction of sp³-hybridized carbons (Fsp3) is 0.406. The Morgan fingerprint density at radius 2 is 2.13 bits per heavy atom. The number of ether oxygens (including phenoxy) is 1. The molecule has 3 unspecified atom stereocenters. The van der Waals surface area contributed by atoms with Gasteiger partial charge >= 0.3 is 6.01 Å². The van der Waals surface area contributed by atoms with Gasteiger partial charge in [0.05, 0.1) is 26.9 Å². The molecule has 3 aliphatic rings. The zero-order chi connectivity index (χ0) is 31.5. The molecular formula is C32H32F2N8O2S. The second-order valence-electron chi connectivity index (χ2n) is 12.1. The molecule has 0 aliphatic carbocycles. The molecule has 3 atom stereocenters. The van der Waals surface area contributed by atoms with Gasteiger partial charge in [-0.2, -0.15) is 15.2 Å². The molecule has 232 valence electrons. The monoisotopic (exact) mass is 630 g/mol. The number of aromatic nitrogens is 3. The topological polar surface area (TPSA) is 124 Å². The van der Waals surface area contributed by atoms with Crippen molar-refractivity contribution >= 4 is 49.2 Å². The first-order valence-electron chi connectivity index (χ1n) is 15.0. The fourth-order valence-corrected chi connectivity index (χ4v) is 8.13. The highest BCUT2D eigenvalue weighted by atomic mass is 32.1. The molecule has 3 saturated heterocycles. The van der Waals surface area contributed by atoms with Crippen LogP contribution in [0.25, 0.3) is 32.4 Å². The van der Waals surface area contributed by atoms with Crippen LogP contribution < -0.4 is 15.4 Å². The third-order valence-corrected chi connectivity index (χ3v) is 10.5. The van der Waals surface area contributed by atoms with Gasteiger partial charge in [-0.1, -0.05) is 6.58 Å². The van der Waals surface area contributed by atoms with E-state index in [0.717, 1.165) is 37.1 Å². The smallest absolute Gasteiger partial charge is 0.320 e. The van der Waals surface area contributed by atoms with Gasteiger partial charge in [0.1, 0.15) is 35.5 Å². The van der Waals surface area contributed by atoms with Crippen LogP contribution in [0.15, 0.2) is 36.9 Å². The molecule has 1 aromatic carbocycles. The predicted molar refractivity (Wildman–Crippen MR) is 169 cm³/mol. The van der Waals surface area contributed by atoms with Crippen molar-refractivity contribution in [1.82, 2.24) is 24.8 Å². The molecule has 0 spiro atoms. The summed E-state index contributed by atoms with van der Waals surface area (Å²) in [5, 5.41) is 11.1. The van der Waals surface area contributed by atoms with Crippen molar-refractivity contribution in [3.8, 4) is 23.3 Å². The van der Waals surface area contributed by atoms with Gasteiger partial charge in [0.15, 0.2) is 5.65 Å². The highest BCUT2D eigenvalue weighted by Crippen LogP contribution is 2.42. The number of nitriles is 1. The molecule has 3 aliphatic heterocycles. The number of hydrogen-bond acceptors (Lipinski definition) is 10. The summed E-state index contributed by atoms with van der Waals surface area (Å²) in [5.41, 5.74) is 7.30. The molecule has 0 saturated carbocycles. The van der Waals surface area contributed by atoms with Gasteiger partial charge in [0.2, 0.25) is 5.91 Å². The van der Waals surface area contributed by atoms with Crippen molar-refractivity contribution in [2.75, 3.05) is 50.5 Å². The molecule has 6 heterocycles. The van der Waals surface area contributed by atoms with Crippen LogP contribution in [0.3, 0.4) is 0 Å². The van der Waals surface area contributed by atoms with Crippen molar-refractivity contribution in [1.29, 1.82) is 5.26 Å². The predicted octanol–water partition coefficient (Wildman–Crippen LogP) is 4.68. The molecule has 0 bridgehead atoms. The summed E-state index contributed by atoms with van der Waals surface area (Å²) in [6, 6.07) is 8.80. The van der Waals surface area contributed by atoms with Crippen LogP contribution in [0.5, 0.6) is 6.01 Å². The van der Waals surface area contributed by atoms with Crippen LogP contribution in [-0.2, 0) is 4.79 Å². The van der Waals surface area contributed by atoms with E-state index in [9.17, 15) is 18.8 Å². The summed E-state index contributed by atoms with van der Waals surface area (Å²) in [7, 11) is 1.92. The molecule has 4 aromatic rings. The molecule has 45 heavy (non-hydrogen) atoms. The summed E-state index contributed by atoms with van der Waals surface area (Å²) in [6.45, 7) is 6.23. The van der Waals surface area contributed by atoms with Gasteiger partial charge in [-0.25, -0.2) is 13.8 Å². The summed E-state index contributed by atoms with van der Waals surface area (Å²) < 4.78 is 35.8. The van der Waals surface area contributed by atoms with Crippen molar-refractivity contribution in [2.24, 2.45) is 0 Å². The number of amides is 1. The number of fused-ring (bicyclic) bond motifs is 3. The van der Waals surface area contributed by atoms with Crippen LogP contribution in [-0.4, -0.2) is 88.2 Å². The molecule has 13 heteroatoms. The fourth-order valence-electron chi connectivity index (χ4n) is 7.18. The third kappa shape index (κ3) is 4.92. The molecule has 3 aromatic heterocycles. The quantitative estimate of drug-likeness (QED) is 0.290. The number of alkyl halides is 1. The number of halogens is 2. The van der Waals surface area contributed by atoms with Gasteiger partial charge in [0.25, 0.3) is 0 Å². The second-order valence-corrected chi connectivity index (χ2v) is 13.1. The Morgan fingerprint density at radius 1 is 1.29 bits per heavy atom. The Balaban J connectivity index is 1.31. The number of likely N-dealkylation sites (N-methyl/N-ethyl adjacent to an activating group) is 1. The van der Waals surface area contributed by atoms with Gasteiger partial charge < -0.3 is 20.3 Å². The van der Waals surface area contributed by atoms with Gasteiger partial charge in [-0.05, 0) is 56.1 Å². The summed E-state index contributed by atoms with van der Waals surface area (Å²) in [6.07, 6.45) is 3.41. The average molecular weight is 631 g/mol. The van der Waals surface area contributed by atoms with E-state index in [2.05, 4.69) is 17.5 Å². The number of nitrogens with zero attached hydrogens (tertiary/aromatic N) is 7. The molecule has 0 radical (unpaired) electrons. The van der Waals surface area contributed by atoms with E-state index in [0.29, 0.717) is 64.2 Å². The number of benzene rings is 1. The number of nitrogen functional groups attached to an aromatic ring is 1. The number of likely N-dealkylation sites (tertiary alicyclic amines) is 1. The van der Waals surface area contributed by atoms with Crippen LogP contribution in [0.1, 0.15) is 31.2 Å². The molecule has 2 N–H and O–H groups in total. The molecule has 10 nitrogen and oxygen atoms in total. The first-order valence-corrected chi connectivity index (χ1v) is 15.8. The minimum Gasteiger partial charge on any atom is -0.461 e. The first-order chi connectivity index (χ1) is 21.7. The Kier molecular flexibility index (Phi) is 7.29. The second kappa shape index (κ2) is 11.2. The van der Waals surface area contributed by atoms with E-state index in [1.54, 1.807) is 17.0 Å². The summed E-state index contributed by atoms with van der Waals surface area (Å²) in [5.74, 6) is 0.00975. The number of anilines is 2. The van der Waals surface area contributed by atoms with Gasteiger partial charge in [-0.3, -0.25) is 9.69 Å². The lowest BCUT2D eigenvalue weighted by Crippen LogP contribution is -2.43. The maximum absolute atomic E-state index is 14.8. The molecule has 7 rings (SSSR count). The first kappa shape index (κ1) is 29.3. The number of nitrogens with two attached hydrogens (primary N) is 1. The zero-order valence-corrected chi connectivity index (χ0v) is 25.6. The SMILES string of the molecule is C=CC(=O)N1CCC(N(C)c2nc(OCC34CCCN3CC(F)C4)nc3nc(-c4ccc(F)c5sc(N)c(C#N)c45)ccc23)C1. The Hall–Kier alpha value is -4.41. The van der Waals surface area contributed by atoms with Crippen LogP contribution in [0.4, 0.5) is 19.6 Å². The van der Waals surface area contributed by atoms with E-state index >= 15 is 0 Å². The maximum atomic E-state index is 14.8. The van der Waals surface area contributed by atoms with Crippen molar-refractivity contribution in [3.63, 3.8) is 0 Å².